The van der Waals surface area contributed by atoms with Crippen LogP contribution in [-0.2, 0) is 6.61 Å². The molecule has 0 N–H and O–H groups in total. The Morgan fingerprint density at radius 2 is 1.16 bits per heavy atom. The van der Waals surface area contributed by atoms with Gasteiger partial charge in [0.05, 0.1) is 60.9 Å². The van der Waals surface area contributed by atoms with Gasteiger partial charge in [-0.05, 0) is 76.6 Å². The normalized spacial score (nSPS) is 11.6. The van der Waals surface area contributed by atoms with Crippen LogP contribution in [0.25, 0.3) is 55.9 Å². The Morgan fingerprint density at radius 3 is 1.81 bits per heavy atom. The first kappa shape index (κ1) is 41.8. The molecule has 0 saturated carbocycles. The highest BCUT2D eigenvalue weighted by molar-refractivity contribution is 6.33. The molecule has 9 aromatic rings. The zero-order valence-corrected chi connectivity index (χ0v) is 34.4. The molecule has 0 fully saturated rings. The highest BCUT2D eigenvalue weighted by Crippen LogP contribution is 2.37. The van der Waals surface area contributed by atoms with Gasteiger partial charge < -0.3 is 14.2 Å². The van der Waals surface area contributed by atoms with Crippen LogP contribution in [0.15, 0.2) is 97.1 Å². The van der Waals surface area contributed by atoms with Gasteiger partial charge in [-0.2, -0.15) is 17.6 Å². The second kappa shape index (κ2) is 16.9. The molecule has 0 unspecified atom stereocenters. The third-order valence-electron chi connectivity index (χ3n) is 10.2. The number of hydrogen-bond donors (Lipinski definition) is 0. The van der Waals surface area contributed by atoms with Crippen molar-refractivity contribution in [3.8, 4) is 40.0 Å². The van der Waals surface area contributed by atoms with E-state index >= 15 is 0 Å². The summed E-state index contributed by atoms with van der Waals surface area (Å²) >= 11 is 6.46. The summed E-state index contributed by atoms with van der Waals surface area (Å²) in [6, 6.07) is 26.5. The molecule has 9 nitrogen and oxygen atoms in total. The Morgan fingerprint density at radius 1 is 0.581 bits per heavy atom. The van der Waals surface area contributed by atoms with Crippen LogP contribution in [0.4, 0.5) is 26.3 Å². The maximum absolute atomic E-state index is 13.9. The summed E-state index contributed by atoms with van der Waals surface area (Å²) in [5, 5.41) is 0.605. The van der Waals surface area contributed by atoms with E-state index in [9.17, 15) is 26.3 Å². The van der Waals surface area contributed by atoms with E-state index in [1.54, 1.807) is 30.4 Å². The molecule has 62 heavy (non-hydrogen) atoms. The topological polar surface area (TPSA) is 88.1 Å². The SMILES string of the molecule is Cc1ccccc1-c1nc(C)c2c(C)nc3c(OC(F)F)cc(OC(F)F)cc3n12.Cc1nc(-c2ccccc2Cl)n2c1c(C)nc1cc(OCc3c(F)cccc3F)ccc12. The van der Waals surface area contributed by atoms with Gasteiger partial charge in [0.15, 0.2) is 5.75 Å². The van der Waals surface area contributed by atoms with Crippen LogP contribution in [0.1, 0.15) is 33.9 Å². The Hall–Kier alpha value is -6.87. The van der Waals surface area contributed by atoms with Gasteiger partial charge in [-0.3, -0.25) is 8.80 Å². The van der Waals surface area contributed by atoms with Crippen LogP contribution < -0.4 is 14.2 Å². The van der Waals surface area contributed by atoms with Gasteiger partial charge in [-0.15, -0.1) is 0 Å². The van der Waals surface area contributed by atoms with Crippen LogP contribution in [0.2, 0.25) is 5.02 Å². The molecule has 5 aromatic carbocycles. The first-order valence-corrected chi connectivity index (χ1v) is 19.5. The van der Waals surface area contributed by atoms with Gasteiger partial charge in [0.2, 0.25) is 0 Å². The summed E-state index contributed by atoms with van der Waals surface area (Å²) < 4.78 is 98.0. The molecule has 0 aliphatic carbocycles. The van der Waals surface area contributed by atoms with E-state index in [0.717, 1.165) is 51.0 Å². The second-order valence-electron chi connectivity index (χ2n) is 14.3. The first-order valence-electron chi connectivity index (χ1n) is 19.1. The Labute approximate surface area is 355 Å². The fourth-order valence-electron chi connectivity index (χ4n) is 7.56. The van der Waals surface area contributed by atoms with Crippen LogP contribution in [0, 0.1) is 46.3 Å². The zero-order chi connectivity index (χ0) is 44.0. The number of rotatable bonds is 9. The maximum Gasteiger partial charge on any atom is 0.387 e. The van der Waals surface area contributed by atoms with Crippen molar-refractivity contribution in [2.75, 3.05) is 0 Å². The third kappa shape index (κ3) is 7.91. The lowest BCUT2D eigenvalue weighted by molar-refractivity contribution is -0.0536. The number of halogens is 7. The summed E-state index contributed by atoms with van der Waals surface area (Å²) in [6.07, 6.45) is 0. The monoisotopic (exact) mass is 868 g/mol. The van der Waals surface area contributed by atoms with E-state index in [4.69, 9.17) is 26.3 Å². The molecule has 316 valence electrons. The van der Waals surface area contributed by atoms with Gasteiger partial charge in [-0.25, -0.2) is 28.7 Å². The Kier molecular flexibility index (Phi) is 11.4. The van der Waals surface area contributed by atoms with Crippen molar-refractivity contribution in [1.82, 2.24) is 28.7 Å². The molecule has 16 heteroatoms. The lowest BCUT2D eigenvalue weighted by Gasteiger charge is -2.15. The number of ether oxygens (including phenoxy) is 3. The van der Waals surface area contributed by atoms with Gasteiger partial charge in [0.25, 0.3) is 0 Å². The van der Waals surface area contributed by atoms with Gasteiger partial charge >= 0.3 is 13.2 Å². The van der Waals surface area contributed by atoms with Crippen molar-refractivity contribution in [1.29, 1.82) is 0 Å². The van der Waals surface area contributed by atoms with Crippen molar-refractivity contribution in [2.24, 2.45) is 0 Å². The van der Waals surface area contributed by atoms with Crippen LogP contribution >= 0.6 is 11.6 Å². The molecule has 9 rings (SSSR count). The highest BCUT2D eigenvalue weighted by atomic mass is 35.5. The minimum atomic E-state index is -3.16. The van der Waals surface area contributed by atoms with Crippen molar-refractivity contribution < 1.29 is 40.6 Å². The molecule has 4 aromatic heterocycles. The number of aryl methyl sites for hydroxylation is 5. The predicted molar refractivity (Wildman–Crippen MR) is 225 cm³/mol. The number of aromatic nitrogens is 6. The second-order valence-corrected chi connectivity index (χ2v) is 14.7. The molecular weight excluding hydrogens is 834 g/mol. The zero-order valence-electron chi connectivity index (χ0n) is 33.7. The van der Waals surface area contributed by atoms with Crippen molar-refractivity contribution in [2.45, 2.75) is 54.4 Å². The van der Waals surface area contributed by atoms with Gasteiger partial charge in [0, 0.05) is 29.3 Å². The molecule has 0 amide bonds. The average Bonchev–Trinajstić information content (AvgIpc) is 3.76. The molecule has 0 aliphatic rings. The largest absolute Gasteiger partial charge is 0.489 e. The van der Waals surface area contributed by atoms with E-state index in [2.05, 4.69) is 19.4 Å². The number of benzene rings is 5. The molecule has 0 bridgehead atoms. The minimum Gasteiger partial charge on any atom is -0.489 e. The Bertz CT molecular complexity index is 3150. The van der Waals surface area contributed by atoms with Crippen LogP contribution in [0.3, 0.4) is 0 Å². The van der Waals surface area contributed by atoms with Crippen molar-refractivity contribution in [3.63, 3.8) is 0 Å². The van der Waals surface area contributed by atoms with E-state index in [-0.39, 0.29) is 34.7 Å². The number of nitrogens with zero attached hydrogens (tertiary/aromatic N) is 6. The molecule has 0 aliphatic heterocycles. The maximum atomic E-state index is 13.9. The van der Waals surface area contributed by atoms with E-state index < -0.39 is 24.9 Å². The van der Waals surface area contributed by atoms with E-state index in [0.29, 0.717) is 39.0 Å². The first-order chi connectivity index (χ1) is 29.7. The number of imidazole rings is 2. The number of alkyl halides is 4. The van der Waals surface area contributed by atoms with Crippen LogP contribution in [0.5, 0.6) is 17.2 Å². The van der Waals surface area contributed by atoms with Gasteiger partial charge in [0.1, 0.15) is 46.9 Å². The molecule has 0 spiro atoms. The molecule has 0 radical (unpaired) electrons. The molecule has 0 saturated heterocycles. The standard InChI is InChI=1S/C25H18ClF2N3O.C21H17F4N3O2/c1-14-24-15(2)30-25(17-6-3-4-7-19(17)26)31(24)23-11-10-16(12-22(23)29-14)32-13-18-20(27)8-5-9-21(18)28;1-10-6-4-5-7-14(10)19-27-12(3)18-11(2)26-17-15(28(18)19)8-13(29-20(22)23)9-16(17)30-21(24)25/h3-12H,13H2,1-2H3;4-9,20-21H,1-3H3. The smallest absolute Gasteiger partial charge is 0.387 e. The lowest BCUT2D eigenvalue weighted by Crippen LogP contribution is -2.07. The average molecular weight is 869 g/mol. The van der Waals surface area contributed by atoms with E-state index in [1.807, 2.05) is 79.8 Å². The molecule has 4 heterocycles. The summed E-state index contributed by atoms with van der Waals surface area (Å²) in [7, 11) is 0. The summed E-state index contributed by atoms with van der Waals surface area (Å²) in [6.45, 7) is 2.79. The molecular formula is C46H35ClF6N6O3. The lowest BCUT2D eigenvalue weighted by atomic mass is 10.1. The quantitative estimate of drug-likeness (QED) is 0.134. The van der Waals surface area contributed by atoms with Crippen molar-refractivity contribution >= 4 is 44.7 Å². The fourth-order valence-corrected chi connectivity index (χ4v) is 7.78. The number of hydrogen-bond acceptors (Lipinski definition) is 7. The minimum absolute atomic E-state index is 0.0918. The molecule has 0 atom stereocenters. The van der Waals surface area contributed by atoms with Crippen LogP contribution in [-0.4, -0.2) is 42.0 Å². The fraction of sp³-hybridized carbons (Fsp3) is 0.174. The summed E-state index contributed by atoms with van der Waals surface area (Å²) in [5.74, 6) is -0.233. The van der Waals surface area contributed by atoms with E-state index in [1.165, 1.54) is 24.3 Å². The third-order valence-corrected chi connectivity index (χ3v) is 10.5. The number of fused-ring (bicyclic) bond motifs is 6. The summed E-state index contributed by atoms with van der Waals surface area (Å²) in [4.78, 5) is 18.6. The van der Waals surface area contributed by atoms with Crippen molar-refractivity contribution in [3.05, 3.63) is 148 Å². The Balaban J connectivity index is 0.000000171. The highest BCUT2D eigenvalue weighted by Gasteiger charge is 2.23. The predicted octanol–water partition coefficient (Wildman–Crippen LogP) is 12.4. The summed E-state index contributed by atoms with van der Waals surface area (Å²) in [5.41, 5.74) is 8.73. The van der Waals surface area contributed by atoms with Gasteiger partial charge in [-0.1, -0.05) is 54.1 Å².